The first-order valence-corrected chi connectivity index (χ1v) is 6.43. The van der Waals surface area contributed by atoms with E-state index < -0.39 is 5.76 Å². The Morgan fingerprint density at radius 3 is 2.33 bits per heavy atom. The maximum absolute atomic E-state index is 12.3. The Balaban J connectivity index is 2.53. The molecule has 0 saturated heterocycles. The summed E-state index contributed by atoms with van der Waals surface area (Å²) in [6.45, 7) is 9.23. The van der Waals surface area contributed by atoms with Gasteiger partial charge >= 0.3 is 5.76 Å². The number of fused-ring (bicyclic) bond motifs is 1. The van der Waals surface area contributed by atoms with Crippen molar-refractivity contribution in [1.82, 2.24) is 9.47 Å². The molecule has 2 heterocycles. The molecule has 1 aromatic heterocycles. The molecule has 2 rings (SSSR count). The lowest BCUT2D eigenvalue weighted by Crippen LogP contribution is -2.44. The molecule has 1 aliphatic rings. The van der Waals surface area contributed by atoms with Gasteiger partial charge in [-0.25, -0.2) is 9.36 Å². The van der Waals surface area contributed by atoms with Crippen LogP contribution in [0.25, 0.3) is 0 Å². The monoisotopic (exact) mass is 252 g/mol. The SMILES string of the molecule is CC(C)N1CCc2oc(=O)n(C(C)C)c(=O)c2C1. The van der Waals surface area contributed by atoms with E-state index >= 15 is 0 Å². The molecule has 18 heavy (non-hydrogen) atoms. The number of rotatable bonds is 2. The van der Waals surface area contributed by atoms with Crippen LogP contribution in [0.15, 0.2) is 14.0 Å². The molecule has 0 unspecified atom stereocenters. The summed E-state index contributed by atoms with van der Waals surface area (Å²) in [7, 11) is 0. The van der Waals surface area contributed by atoms with Crippen LogP contribution < -0.4 is 11.3 Å². The van der Waals surface area contributed by atoms with E-state index in [-0.39, 0.29) is 11.6 Å². The molecule has 0 amide bonds. The Hall–Kier alpha value is -1.36. The summed E-state index contributed by atoms with van der Waals surface area (Å²) in [5, 5.41) is 0. The average molecular weight is 252 g/mol. The minimum atomic E-state index is -0.535. The second-order valence-corrected chi connectivity index (χ2v) is 5.35. The topological polar surface area (TPSA) is 55.5 Å². The molecular weight excluding hydrogens is 232 g/mol. The Morgan fingerprint density at radius 1 is 1.11 bits per heavy atom. The van der Waals surface area contributed by atoms with E-state index in [0.29, 0.717) is 30.3 Å². The van der Waals surface area contributed by atoms with Gasteiger partial charge < -0.3 is 4.42 Å². The molecule has 0 spiro atoms. The maximum Gasteiger partial charge on any atom is 0.422 e. The molecule has 0 fully saturated rings. The van der Waals surface area contributed by atoms with Gasteiger partial charge in [0.1, 0.15) is 5.76 Å². The third-order valence-electron chi connectivity index (χ3n) is 3.45. The van der Waals surface area contributed by atoms with Crippen molar-refractivity contribution in [2.45, 2.75) is 52.7 Å². The summed E-state index contributed by atoms with van der Waals surface area (Å²) >= 11 is 0. The van der Waals surface area contributed by atoms with Crippen molar-refractivity contribution in [3.63, 3.8) is 0 Å². The number of aromatic nitrogens is 1. The highest BCUT2D eigenvalue weighted by molar-refractivity contribution is 5.17. The van der Waals surface area contributed by atoms with Crippen molar-refractivity contribution in [1.29, 1.82) is 0 Å². The van der Waals surface area contributed by atoms with Crippen LogP contribution in [-0.2, 0) is 13.0 Å². The van der Waals surface area contributed by atoms with Gasteiger partial charge in [0.25, 0.3) is 5.56 Å². The van der Waals surface area contributed by atoms with Gasteiger partial charge in [-0.15, -0.1) is 0 Å². The fourth-order valence-electron chi connectivity index (χ4n) is 2.33. The van der Waals surface area contributed by atoms with Crippen molar-refractivity contribution < 1.29 is 4.42 Å². The molecule has 0 saturated carbocycles. The number of hydrogen-bond donors (Lipinski definition) is 0. The molecule has 100 valence electrons. The zero-order valence-corrected chi connectivity index (χ0v) is 11.4. The van der Waals surface area contributed by atoms with Crippen molar-refractivity contribution in [3.05, 3.63) is 32.2 Å². The molecular formula is C13H20N2O3. The molecule has 5 nitrogen and oxygen atoms in total. The second kappa shape index (κ2) is 4.72. The van der Waals surface area contributed by atoms with Crippen LogP contribution in [0.3, 0.4) is 0 Å². The van der Waals surface area contributed by atoms with Gasteiger partial charge in [-0.1, -0.05) is 0 Å². The summed E-state index contributed by atoms with van der Waals surface area (Å²) in [5.41, 5.74) is 0.449. The normalized spacial score (nSPS) is 16.3. The largest absolute Gasteiger partial charge is 0.422 e. The molecule has 0 radical (unpaired) electrons. The van der Waals surface area contributed by atoms with E-state index in [4.69, 9.17) is 4.42 Å². The van der Waals surface area contributed by atoms with Crippen LogP contribution in [0.1, 0.15) is 45.1 Å². The Kier molecular flexibility index (Phi) is 3.43. The summed E-state index contributed by atoms with van der Waals surface area (Å²) in [6, 6.07) is 0.213. The molecule has 5 heteroatoms. The van der Waals surface area contributed by atoms with Crippen molar-refractivity contribution in [3.8, 4) is 0 Å². The van der Waals surface area contributed by atoms with Gasteiger partial charge in [0.05, 0.1) is 5.56 Å². The van der Waals surface area contributed by atoms with Crippen LogP contribution in [0.5, 0.6) is 0 Å². The summed E-state index contributed by atoms with van der Waals surface area (Å²) in [6.07, 6.45) is 0.636. The molecule has 1 aliphatic heterocycles. The Bertz CT molecular complexity index is 554. The highest BCUT2D eigenvalue weighted by Gasteiger charge is 2.25. The summed E-state index contributed by atoms with van der Waals surface area (Å²) in [4.78, 5) is 26.3. The molecule has 1 aromatic rings. The zero-order valence-electron chi connectivity index (χ0n) is 11.4. The van der Waals surface area contributed by atoms with E-state index in [2.05, 4.69) is 18.7 Å². The van der Waals surface area contributed by atoms with E-state index in [1.807, 2.05) is 13.8 Å². The zero-order chi connectivity index (χ0) is 13.4. The second-order valence-electron chi connectivity index (χ2n) is 5.35. The Morgan fingerprint density at radius 2 is 1.78 bits per heavy atom. The fraction of sp³-hybridized carbons (Fsp3) is 0.692. The van der Waals surface area contributed by atoms with Gasteiger partial charge in [0.2, 0.25) is 0 Å². The third-order valence-corrected chi connectivity index (χ3v) is 3.45. The summed E-state index contributed by atoms with van der Waals surface area (Å²) < 4.78 is 6.48. The lowest BCUT2D eigenvalue weighted by atomic mass is 10.1. The smallest absolute Gasteiger partial charge is 0.414 e. The van der Waals surface area contributed by atoms with Crippen LogP contribution in [0, 0.1) is 0 Å². The van der Waals surface area contributed by atoms with E-state index in [1.165, 1.54) is 4.57 Å². The van der Waals surface area contributed by atoms with E-state index in [1.54, 1.807) is 0 Å². The molecule has 0 N–H and O–H groups in total. The highest BCUT2D eigenvalue weighted by Crippen LogP contribution is 2.16. The Labute approximate surface area is 106 Å². The maximum atomic E-state index is 12.3. The van der Waals surface area contributed by atoms with Crippen molar-refractivity contribution in [2.75, 3.05) is 6.54 Å². The van der Waals surface area contributed by atoms with Crippen LogP contribution in [0.2, 0.25) is 0 Å². The van der Waals surface area contributed by atoms with Gasteiger partial charge in [-0.3, -0.25) is 9.69 Å². The predicted octanol–water partition coefficient (Wildman–Crippen LogP) is 1.15. The van der Waals surface area contributed by atoms with Crippen LogP contribution in [0.4, 0.5) is 0 Å². The van der Waals surface area contributed by atoms with Crippen molar-refractivity contribution in [2.24, 2.45) is 0 Å². The predicted molar refractivity (Wildman–Crippen MR) is 68.9 cm³/mol. The lowest BCUT2D eigenvalue weighted by Gasteiger charge is -2.30. The van der Waals surface area contributed by atoms with Gasteiger partial charge in [0, 0.05) is 31.6 Å². The molecule has 0 aliphatic carbocycles. The minimum absolute atomic E-state index is 0.173. The quantitative estimate of drug-likeness (QED) is 0.792. The minimum Gasteiger partial charge on any atom is -0.414 e. The van der Waals surface area contributed by atoms with E-state index in [0.717, 1.165) is 6.54 Å². The first-order chi connectivity index (χ1) is 8.41. The first-order valence-electron chi connectivity index (χ1n) is 6.43. The molecule has 0 bridgehead atoms. The van der Waals surface area contributed by atoms with Gasteiger partial charge in [-0.05, 0) is 27.7 Å². The standard InChI is InChI=1S/C13H20N2O3/c1-8(2)14-6-5-11-10(7-14)12(16)15(9(3)4)13(17)18-11/h8-9H,5-7H2,1-4H3. The third kappa shape index (κ3) is 2.14. The van der Waals surface area contributed by atoms with Gasteiger partial charge in [0.15, 0.2) is 0 Å². The van der Waals surface area contributed by atoms with Crippen molar-refractivity contribution >= 4 is 0 Å². The summed E-state index contributed by atoms with van der Waals surface area (Å²) in [5.74, 6) is 0.0329. The highest BCUT2D eigenvalue weighted by atomic mass is 16.4. The molecule has 0 aromatic carbocycles. The lowest BCUT2D eigenvalue weighted by molar-refractivity contribution is 0.182. The fourth-order valence-corrected chi connectivity index (χ4v) is 2.33. The van der Waals surface area contributed by atoms with Gasteiger partial charge in [-0.2, -0.15) is 0 Å². The average Bonchev–Trinajstić information content (AvgIpc) is 2.27. The van der Waals surface area contributed by atoms with E-state index in [9.17, 15) is 9.59 Å². The molecule has 0 atom stereocenters. The van der Waals surface area contributed by atoms with Crippen LogP contribution in [-0.4, -0.2) is 22.1 Å². The number of nitrogens with zero attached hydrogens (tertiary/aromatic N) is 2. The first kappa shape index (κ1) is 13.1. The van der Waals surface area contributed by atoms with Crippen LogP contribution >= 0.6 is 0 Å². The number of hydrogen-bond acceptors (Lipinski definition) is 4.